The Kier molecular flexibility index (Phi) is 5.90. The number of fused-ring (bicyclic) bond motifs is 3. The summed E-state index contributed by atoms with van der Waals surface area (Å²) in [5.41, 5.74) is 5.73. The topological polar surface area (TPSA) is 83.4 Å². The number of rotatable bonds is 5. The molecule has 1 saturated heterocycles. The van der Waals surface area contributed by atoms with Crippen molar-refractivity contribution in [3.63, 3.8) is 0 Å². The van der Waals surface area contributed by atoms with E-state index in [0.29, 0.717) is 17.3 Å². The predicted molar refractivity (Wildman–Crippen MR) is 144 cm³/mol. The van der Waals surface area contributed by atoms with Crippen molar-refractivity contribution in [2.24, 2.45) is 7.05 Å². The number of carbonyl (C=O) groups excluding carboxylic acids is 2. The van der Waals surface area contributed by atoms with Gasteiger partial charge in [0, 0.05) is 49.3 Å². The van der Waals surface area contributed by atoms with Gasteiger partial charge in [-0.25, -0.2) is 14.4 Å². The number of Topliss-reactive ketones (excluding diaryl/α,β-unsaturated/α-hetero) is 1. The summed E-state index contributed by atoms with van der Waals surface area (Å²) in [6, 6.07) is 17.6. The molecule has 0 spiro atoms. The molecule has 4 heterocycles. The minimum absolute atomic E-state index is 0.222. The molecule has 4 aromatic rings. The lowest BCUT2D eigenvalue weighted by atomic mass is 10.0. The fraction of sp³-hybridized carbons (Fsp3) is 0.241. The number of anilines is 3. The number of nitrogens with zero attached hydrogens (tertiary/aromatic N) is 5. The first-order valence-electron chi connectivity index (χ1n) is 12.6. The zero-order valence-corrected chi connectivity index (χ0v) is 21.2. The van der Waals surface area contributed by atoms with E-state index in [-0.39, 0.29) is 6.04 Å². The first-order chi connectivity index (χ1) is 18.4. The molecule has 9 heteroatoms. The summed E-state index contributed by atoms with van der Waals surface area (Å²) >= 11 is 0. The fourth-order valence-electron chi connectivity index (χ4n) is 5.50. The van der Waals surface area contributed by atoms with Gasteiger partial charge in [0.15, 0.2) is 5.82 Å². The molecule has 2 aliphatic heterocycles. The predicted octanol–water partition coefficient (Wildman–Crippen LogP) is 4.00. The second kappa shape index (κ2) is 9.41. The minimum atomic E-state index is -0.668. The van der Waals surface area contributed by atoms with Crippen LogP contribution in [0, 0.1) is 12.7 Å². The SMILES string of the molecule is Cc1cc(-c2ccccc2)c(C(=O)C(=O)Nc2ccc3c(c2)C[C@H]2CN(c4ncc(F)cn4)CCN32)n1C. The largest absolute Gasteiger partial charge is 0.364 e. The van der Waals surface area contributed by atoms with E-state index in [1.807, 2.05) is 61.5 Å². The van der Waals surface area contributed by atoms with Crippen molar-refractivity contribution in [2.75, 3.05) is 34.8 Å². The average molecular weight is 511 g/mol. The molecular weight excluding hydrogens is 483 g/mol. The second-order valence-electron chi connectivity index (χ2n) is 9.80. The van der Waals surface area contributed by atoms with Crippen molar-refractivity contribution < 1.29 is 14.0 Å². The van der Waals surface area contributed by atoms with E-state index in [9.17, 15) is 14.0 Å². The molecule has 2 aliphatic rings. The molecule has 1 atom stereocenters. The molecule has 8 nitrogen and oxygen atoms in total. The van der Waals surface area contributed by atoms with E-state index in [4.69, 9.17) is 0 Å². The maximum absolute atomic E-state index is 13.3. The Morgan fingerprint density at radius 2 is 1.79 bits per heavy atom. The quantitative estimate of drug-likeness (QED) is 0.323. The molecule has 0 aliphatic carbocycles. The van der Waals surface area contributed by atoms with Gasteiger partial charge in [-0.3, -0.25) is 9.59 Å². The van der Waals surface area contributed by atoms with Gasteiger partial charge >= 0.3 is 0 Å². The number of halogens is 1. The molecule has 1 fully saturated rings. The van der Waals surface area contributed by atoms with Crippen LogP contribution >= 0.6 is 0 Å². The molecule has 0 bridgehead atoms. The lowest BCUT2D eigenvalue weighted by Gasteiger charge is -2.39. The van der Waals surface area contributed by atoms with Crippen molar-refractivity contribution in [1.29, 1.82) is 0 Å². The first kappa shape index (κ1) is 23.8. The lowest BCUT2D eigenvalue weighted by molar-refractivity contribution is -0.112. The van der Waals surface area contributed by atoms with Crippen LogP contribution in [0.25, 0.3) is 11.1 Å². The fourth-order valence-corrected chi connectivity index (χ4v) is 5.50. The van der Waals surface area contributed by atoms with Crippen LogP contribution in [-0.2, 0) is 18.3 Å². The summed E-state index contributed by atoms with van der Waals surface area (Å²) in [6.45, 7) is 4.15. The lowest BCUT2D eigenvalue weighted by Crippen LogP contribution is -2.52. The third kappa shape index (κ3) is 4.19. The van der Waals surface area contributed by atoms with Crippen molar-refractivity contribution in [2.45, 2.75) is 19.4 Å². The van der Waals surface area contributed by atoms with Gasteiger partial charge in [-0.2, -0.15) is 0 Å². The number of hydrogen-bond acceptors (Lipinski definition) is 6. The van der Waals surface area contributed by atoms with Crippen molar-refractivity contribution in [3.8, 4) is 11.1 Å². The van der Waals surface area contributed by atoms with Gasteiger partial charge in [0.05, 0.1) is 18.4 Å². The van der Waals surface area contributed by atoms with Gasteiger partial charge in [0.1, 0.15) is 5.69 Å². The number of amides is 1. The molecule has 192 valence electrons. The molecule has 0 unspecified atom stereocenters. The molecule has 1 amide bonds. The Bertz CT molecular complexity index is 1530. The van der Waals surface area contributed by atoms with E-state index in [0.717, 1.165) is 54.1 Å². The Hall–Kier alpha value is -4.53. The molecule has 0 radical (unpaired) electrons. The molecular formula is C29H27FN6O2. The van der Waals surface area contributed by atoms with Crippen LogP contribution in [-0.4, -0.2) is 51.9 Å². The Labute approximate surface area is 219 Å². The molecule has 38 heavy (non-hydrogen) atoms. The molecule has 2 aromatic heterocycles. The Morgan fingerprint density at radius 3 is 2.55 bits per heavy atom. The van der Waals surface area contributed by atoms with Crippen LogP contribution in [0.1, 0.15) is 21.7 Å². The highest BCUT2D eigenvalue weighted by molar-refractivity contribution is 6.47. The van der Waals surface area contributed by atoms with E-state index in [2.05, 4.69) is 25.1 Å². The molecule has 1 N–H and O–H groups in total. The van der Waals surface area contributed by atoms with Gasteiger partial charge in [-0.05, 0) is 48.7 Å². The van der Waals surface area contributed by atoms with E-state index in [1.165, 1.54) is 12.4 Å². The zero-order valence-electron chi connectivity index (χ0n) is 21.2. The highest BCUT2D eigenvalue weighted by Gasteiger charge is 2.35. The third-order valence-electron chi connectivity index (χ3n) is 7.45. The van der Waals surface area contributed by atoms with Crippen molar-refractivity contribution in [3.05, 3.63) is 89.8 Å². The van der Waals surface area contributed by atoms with E-state index >= 15 is 0 Å². The van der Waals surface area contributed by atoms with Crippen LogP contribution in [0.3, 0.4) is 0 Å². The summed E-state index contributed by atoms with van der Waals surface area (Å²) in [5, 5.41) is 2.82. The number of piperazine rings is 1. The maximum atomic E-state index is 13.3. The van der Waals surface area contributed by atoms with E-state index in [1.54, 1.807) is 11.6 Å². The van der Waals surface area contributed by atoms with Gasteiger partial charge < -0.3 is 19.7 Å². The number of aryl methyl sites for hydroxylation is 1. The number of aromatic nitrogens is 3. The number of nitrogens with one attached hydrogen (secondary N) is 1. The van der Waals surface area contributed by atoms with Crippen LogP contribution in [0.15, 0.2) is 67.0 Å². The number of hydrogen-bond donors (Lipinski definition) is 1. The van der Waals surface area contributed by atoms with Gasteiger partial charge in [-0.15, -0.1) is 0 Å². The first-order valence-corrected chi connectivity index (χ1v) is 12.6. The van der Waals surface area contributed by atoms with Crippen LogP contribution in [0.4, 0.5) is 21.7 Å². The molecule has 2 aromatic carbocycles. The number of benzene rings is 2. The van der Waals surface area contributed by atoms with Crippen LogP contribution in [0.2, 0.25) is 0 Å². The van der Waals surface area contributed by atoms with Gasteiger partial charge in [0.25, 0.3) is 11.7 Å². The van der Waals surface area contributed by atoms with Gasteiger partial charge in [-0.1, -0.05) is 30.3 Å². The second-order valence-corrected chi connectivity index (χ2v) is 9.80. The maximum Gasteiger partial charge on any atom is 0.298 e. The Balaban J connectivity index is 1.18. The molecule has 6 rings (SSSR count). The number of carbonyl (C=O) groups is 2. The van der Waals surface area contributed by atoms with Crippen LogP contribution in [0.5, 0.6) is 0 Å². The highest BCUT2D eigenvalue weighted by Crippen LogP contribution is 2.36. The molecule has 0 saturated carbocycles. The summed E-state index contributed by atoms with van der Waals surface area (Å²) in [7, 11) is 1.80. The van der Waals surface area contributed by atoms with Crippen LogP contribution < -0.4 is 15.1 Å². The summed E-state index contributed by atoms with van der Waals surface area (Å²) < 4.78 is 15.0. The van der Waals surface area contributed by atoms with Crippen molar-refractivity contribution >= 4 is 29.0 Å². The third-order valence-corrected chi connectivity index (χ3v) is 7.45. The Morgan fingerprint density at radius 1 is 1.03 bits per heavy atom. The summed E-state index contributed by atoms with van der Waals surface area (Å²) in [5.74, 6) is -1.17. The smallest absolute Gasteiger partial charge is 0.298 e. The van der Waals surface area contributed by atoms with Gasteiger partial charge in [0.2, 0.25) is 5.95 Å². The standard InChI is InChI=1S/C29H27FN6O2/c1-18-12-24(19-6-4-3-5-7-19)26(34(18)2)27(37)28(38)33-22-8-9-25-20(13-22)14-23-17-35(10-11-36(23)25)29-31-15-21(30)16-32-29/h3-9,12-13,15-16,23H,10-11,14,17H2,1-2H3,(H,33,38)/t23-/m0/s1. The zero-order chi connectivity index (χ0) is 26.4. The van der Waals surface area contributed by atoms with Crippen molar-refractivity contribution in [1.82, 2.24) is 14.5 Å². The monoisotopic (exact) mass is 510 g/mol. The summed E-state index contributed by atoms with van der Waals surface area (Å²) in [6.07, 6.45) is 3.17. The normalized spacial score (nSPS) is 16.2. The number of ketones is 1. The summed E-state index contributed by atoms with van der Waals surface area (Å²) in [4.78, 5) is 39.1. The highest BCUT2D eigenvalue weighted by atomic mass is 19.1. The van der Waals surface area contributed by atoms with E-state index < -0.39 is 17.5 Å². The average Bonchev–Trinajstić information content (AvgIpc) is 3.44. The minimum Gasteiger partial charge on any atom is -0.364 e.